The van der Waals surface area contributed by atoms with Crippen molar-refractivity contribution in [2.24, 2.45) is 5.92 Å². The third-order valence-corrected chi connectivity index (χ3v) is 4.30. The van der Waals surface area contributed by atoms with E-state index >= 15 is 0 Å². The van der Waals surface area contributed by atoms with Crippen LogP contribution in [-0.2, 0) is 9.59 Å². The Kier molecular flexibility index (Phi) is 5.40. The summed E-state index contributed by atoms with van der Waals surface area (Å²) in [5, 5.41) is 3.40. The Morgan fingerprint density at radius 1 is 1.45 bits per heavy atom. The molecule has 0 saturated carbocycles. The van der Waals surface area contributed by atoms with Crippen LogP contribution in [0.4, 0.5) is 0 Å². The molecule has 0 aromatic heterocycles. The highest BCUT2D eigenvalue weighted by molar-refractivity contribution is 5.86. The van der Waals surface area contributed by atoms with E-state index in [0.717, 1.165) is 32.6 Å². The molecule has 5 heteroatoms. The van der Waals surface area contributed by atoms with Crippen molar-refractivity contribution in [2.75, 3.05) is 32.7 Å². The van der Waals surface area contributed by atoms with Crippen LogP contribution >= 0.6 is 0 Å². The van der Waals surface area contributed by atoms with E-state index in [1.165, 1.54) is 12.8 Å². The lowest BCUT2D eigenvalue weighted by atomic mass is 9.98. The number of amides is 2. The zero-order valence-electron chi connectivity index (χ0n) is 12.7. The van der Waals surface area contributed by atoms with Gasteiger partial charge in [-0.3, -0.25) is 9.59 Å². The van der Waals surface area contributed by atoms with Gasteiger partial charge in [-0.25, -0.2) is 0 Å². The van der Waals surface area contributed by atoms with Crippen LogP contribution in [-0.4, -0.2) is 60.4 Å². The lowest BCUT2D eigenvalue weighted by Gasteiger charge is -2.34. The predicted molar refractivity (Wildman–Crippen MR) is 78.3 cm³/mol. The van der Waals surface area contributed by atoms with Gasteiger partial charge in [0.05, 0.1) is 6.54 Å². The third kappa shape index (κ3) is 3.95. The van der Waals surface area contributed by atoms with Crippen LogP contribution in [0.15, 0.2) is 0 Å². The van der Waals surface area contributed by atoms with Gasteiger partial charge < -0.3 is 15.1 Å². The summed E-state index contributed by atoms with van der Waals surface area (Å²) >= 11 is 0. The lowest BCUT2D eigenvalue weighted by molar-refractivity contribution is -0.140. The summed E-state index contributed by atoms with van der Waals surface area (Å²) in [5.74, 6) is 0.770. The quantitative estimate of drug-likeness (QED) is 0.812. The van der Waals surface area contributed by atoms with Crippen molar-refractivity contribution >= 4 is 11.8 Å². The van der Waals surface area contributed by atoms with Gasteiger partial charge in [0.15, 0.2) is 0 Å². The van der Waals surface area contributed by atoms with E-state index in [1.807, 2.05) is 4.90 Å². The van der Waals surface area contributed by atoms with E-state index in [4.69, 9.17) is 0 Å². The van der Waals surface area contributed by atoms with Crippen LogP contribution in [0.3, 0.4) is 0 Å². The average molecular weight is 281 g/mol. The Bertz CT molecular complexity index is 351. The van der Waals surface area contributed by atoms with Crippen LogP contribution in [0.1, 0.15) is 39.5 Å². The smallest absolute Gasteiger partial charge is 0.242 e. The molecule has 2 saturated heterocycles. The minimum atomic E-state index is 0.0980. The molecule has 2 rings (SSSR count). The topological polar surface area (TPSA) is 52.7 Å². The number of piperidine rings is 1. The summed E-state index contributed by atoms with van der Waals surface area (Å²) in [5.41, 5.74) is 0. The summed E-state index contributed by atoms with van der Waals surface area (Å²) in [6, 6.07) is 0.196. The van der Waals surface area contributed by atoms with Gasteiger partial charge in [-0.2, -0.15) is 0 Å². The second-order valence-corrected chi connectivity index (χ2v) is 6.27. The van der Waals surface area contributed by atoms with Crippen LogP contribution < -0.4 is 5.32 Å². The van der Waals surface area contributed by atoms with Gasteiger partial charge in [0.25, 0.3) is 0 Å². The Morgan fingerprint density at radius 3 is 2.80 bits per heavy atom. The van der Waals surface area contributed by atoms with Crippen LogP contribution in [0.25, 0.3) is 0 Å². The molecule has 0 aliphatic carbocycles. The van der Waals surface area contributed by atoms with Crippen LogP contribution in [0, 0.1) is 5.92 Å². The Morgan fingerprint density at radius 2 is 2.25 bits per heavy atom. The predicted octanol–water partition coefficient (Wildman–Crippen LogP) is 0.845. The molecule has 1 atom stereocenters. The zero-order chi connectivity index (χ0) is 14.5. The van der Waals surface area contributed by atoms with Gasteiger partial charge >= 0.3 is 0 Å². The average Bonchev–Trinajstić information content (AvgIpc) is 2.82. The highest BCUT2D eigenvalue weighted by Crippen LogP contribution is 2.15. The normalized spacial score (nSPS) is 23.4. The van der Waals surface area contributed by atoms with E-state index in [0.29, 0.717) is 12.3 Å². The van der Waals surface area contributed by atoms with Gasteiger partial charge in [0.1, 0.15) is 0 Å². The van der Waals surface area contributed by atoms with Crippen molar-refractivity contribution in [1.29, 1.82) is 0 Å². The van der Waals surface area contributed by atoms with Gasteiger partial charge in [0, 0.05) is 25.6 Å². The van der Waals surface area contributed by atoms with Crippen LogP contribution in [0.2, 0.25) is 0 Å². The number of nitrogens with one attached hydrogen (secondary N) is 1. The van der Waals surface area contributed by atoms with Crippen molar-refractivity contribution in [3.63, 3.8) is 0 Å². The highest BCUT2D eigenvalue weighted by Gasteiger charge is 2.27. The minimum Gasteiger partial charge on any atom is -0.338 e. The van der Waals surface area contributed by atoms with Crippen molar-refractivity contribution in [3.05, 3.63) is 0 Å². The molecule has 20 heavy (non-hydrogen) atoms. The number of hydrogen-bond acceptors (Lipinski definition) is 3. The molecule has 5 nitrogen and oxygen atoms in total. The van der Waals surface area contributed by atoms with Gasteiger partial charge in [0.2, 0.25) is 11.8 Å². The highest BCUT2D eigenvalue weighted by atomic mass is 16.2. The molecule has 0 bridgehead atoms. The molecule has 0 radical (unpaired) electrons. The molecular weight excluding hydrogens is 254 g/mol. The molecular formula is C15H27N3O2. The van der Waals surface area contributed by atoms with E-state index in [2.05, 4.69) is 19.2 Å². The summed E-state index contributed by atoms with van der Waals surface area (Å²) in [6.45, 7) is 8.01. The third-order valence-electron chi connectivity index (χ3n) is 4.30. The Labute approximate surface area is 121 Å². The largest absolute Gasteiger partial charge is 0.338 e. The molecule has 2 aliphatic heterocycles. The van der Waals surface area contributed by atoms with E-state index in [-0.39, 0.29) is 24.4 Å². The molecule has 2 fully saturated rings. The number of carbonyl (C=O) groups is 2. The van der Waals surface area contributed by atoms with Gasteiger partial charge in [-0.05, 0) is 52.1 Å². The first kappa shape index (κ1) is 15.3. The Balaban J connectivity index is 1.89. The number of carbonyl (C=O) groups excluding carboxylic acids is 2. The van der Waals surface area contributed by atoms with E-state index in [9.17, 15) is 9.59 Å². The maximum atomic E-state index is 12.5. The van der Waals surface area contributed by atoms with Crippen molar-refractivity contribution in [3.8, 4) is 0 Å². The Hall–Kier alpha value is -1.10. The number of rotatable bonds is 5. The first-order valence-corrected chi connectivity index (χ1v) is 7.86. The van der Waals surface area contributed by atoms with E-state index in [1.54, 1.807) is 4.90 Å². The summed E-state index contributed by atoms with van der Waals surface area (Å²) in [7, 11) is 0. The van der Waals surface area contributed by atoms with Crippen molar-refractivity contribution in [2.45, 2.75) is 45.6 Å². The molecule has 2 amide bonds. The molecule has 0 aromatic rings. The van der Waals surface area contributed by atoms with Gasteiger partial charge in [-0.1, -0.05) is 0 Å². The molecule has 1 N–H and O–H groups in total. The summed E-state index contributed by atoms with van der Waals surface area (Å²) < 4.78 is 0. The summed E-state index contributed by atoms with van der Waals surface area (Å²) in [6.07, 6.45) is 3.86. The maximum absolute atomic E-state index is 12.5. The minimum absolute atomic E-state index is 0.0980. The molecule has 1 unspecified atom stereocenters. The number of likely N-dealkylation sites (tertiary alicyclic amines) is 1. The second kappa shape index (κ2) is 7.07. The maximum Gasteiger partial charge on any atom is 0.242 e. The number of hydrogen-bond donors (Lipinski definition) is 1. The molecule has 0 spiro atoms. The fraction of sp³-hybridized carbons (Fsp3) is 0.867. The zero-order valence-corrected chi connectivity index (χ0v) is 12.7. The summed E-state index contributed by atoms with van der Waals surface area (Å²) in [4.78, 5) is 27.8. The second-order valence-electron chi connectivity index (χ2n) is 6.27. The number of nitrogens with zero attached hydrogens (tertiary/aromatic N) is 2. The fourth-order valence-corrected chi connectivity index (χ4v) is 3.08. The molecule has 114 valence electrons. The SMILES string of the molecule is CC(C)N(CC1CCCNC1)C(=O)CN1CCCC1=O. The first-order valence-electron chi connectivity index (χ1n) is 7.86. The fourth-order valence-electron chi connectivity index (χ4n) is 3.08. The standard InChI is InChI=1S/C15H27N3O2/c1-12(2)18(10-13-5-3-7-16-9-13)15(20)11-17-8-4-6-14(17)19/h12-13,16H,3-11H2,1-2H3. The molecule has 2 heterocycles. The van der Waals surface area contributed by atoms with Gasteiger partial charge in [-0.15, -0.1) is 0 Å². The molecule has 2 aliphatic rings. The van der Waals surface area contributed by atoms with Crippen LogP contribution in [0.5, 0.6) is 0 Å². The van der Waals surface area contributed by atoms with Crippen molar-refractivity contribution in [1.82, 2.24) is 15.1 Å². The molecule has 0 aromatic carbocycles. The monoisotopic (exact) mass is 281 g/mol. The van der Waals surface area contributed by atoms with E-state index < -0.39 is 0 Å². The van der Waals surface area contributed by atoms with Crippen molar-refractivity contribution < 1.29 is 9.59 Å². The lowest BCUT2D eigenvalue weighted by Crippen LogP contribution is -2.48. The first-order chi connectivity index (χ1) is 9.58.